The van der Waals surface area contributed by atoms with E-state index in [2.05, 4.69) is 42.6 Å². The van der Waals surface area contributed by atoms with Gasteiger partial charge in [-0.3, -0.25) is 4.79 Å². The van der Waals surface area contributed by atoms with Gasteiger partial charge < -0.3 is 5.32 Å². The highest BCUT2D eigenvalue weighted by atomic mass is 79.9. The predicted octanol–water partition coefficient (Wildman–Crippen LogP) is 4.84. The van der Waals surface area contributed by atoms with Crippen LogP contribution >= 0.6 is 43.2 Å². The van der Waals surface area contributed by atoms with Crippen LogP contribution in [-0.2, 0) is 11.2 Å². The lowest BCUT2D eigenvalue weighted by Crippen LogP contribution is -2.12. The van der Waals surface area contributed by atoms with Crippen molar-refractivity contribution in [2.24, 2.45) is 0 Å². The molecule has 0 radical (unpaired) electrons. The number of amides is 1. The molecule has 0 aliphatic carbocycles. The Balaban J connectivity index is 1.92. The van der Waals surface area contributed by atoms with Gasteiger partial charge in [-0.1, -0.05) is 15.9 Å². The van der Waals surface area contributed by atoms with Crippen LogP contribution in [0.3, 0.4) is 0 Å². The average Bonchev–Trinajstić information content (AvgIpc) is 2.84. The lowest BCUT2D eigenvalue weighted by molar-refractivity contribution is -0.116. The molecule has 1 aromatic heterocycles. The highest BCUT2D eigenvalue weighted by molar-refractivity contribution is 9.11. The number of benzene rings is 1. The summed E-state index contributed by atoms with van der Waals surface area (Å²) in [5.74, 6) is 0.0278. The summed E-state index contributed by atoms with van der Waals surface area (Å²) >= 11 is 8.46. The van der Waals surface area contributed by atoms with E-state index in [0.717, 1.165) is 21.1 Å². The van der Waals surface area contributed by atoms with Crippen molar-refractivity contribution in [1.82, 2.24) is 0 Å². The molecule has 0 fully saturated rings. The van der Waals surface area contributed by atoms with Gasteiger partial charge in [0.25, 0.3) is 0 Å². The number of aryl methyl sites for hydroxylation is 1. The molecule has 1 aromatic carbocycles. The SMILES string of the molecule is O=C(CCc1ccsc1)Nc1cc(Br)ccc1Br. The van der Waals surface area contributed by atoms with Gasteiger partial charge in [0.05, 0.1) is 5.69 Å². The number of hydrogen-bond acceptors (Lipinski definition) is 2. The van der Waals surface area contributed by atoms with Gasteiger partial charge in [0.2, 0.25) is 5.91 Å². The molecule has 0 saturated carbocycles. The van der Waals surface area contributed by atoms with Gasteiger partial charge in [-0.2, -0.15) is 11.3 Å². The maximum atomic E-state index is 11.8. The Morgan fingerprint density at radius 3 is 2.83 bits per heavy atom. The highest BCUT2D eigenvalue weighted by Crippen LogP contribution is 2.26. The smallest absolute Gasteiger partial charge is 0.224 e. The molecule has 0 bridgehead atoms. The Bertz CT molecular complexity index is 540. The molecule has 1 N–H and O–H groups in total. The molecular formula is C13H11Br2NOS. The molecule has 0 atom stereocenters. The minimum Gasteiger partial charge on any atom is -0.325 e. The van der Waals surface area contributed by atoms with Crippen LogP contribution in [0, 0.1) is 0 Å². The van der Waals surface area contributed by atoms with E-state index in [-0.39, 0.29) is 5.91 Å². The zero-order valence-corrected chi connectivity index (χ0v) is 13.4. The molecule has 18 heavy (non-hydrogen) atoms. The topological polar surface area (TPSA) is 29.1 Å². The van der Waals surface area contributed by atoms with E-state index >= 15 is 0 Å². The fourth-order valence-corrected chi connectivity index (χ4v) is 2.91. The number of carbonyl (C=O) groups excluding carboxylic acids is 1. The van der Waals surface area contributed by atoms with Crippen LogP contribution in [0.4, 0.5) is 5.69 Å². The third-order valence-electron chi connectivity index (χ3n) is 2.42. The molecule has 0 unspecified atom stereocenters. The van der Waals surface area contributed by atoms with Gasteiger partial charge >= 0.3 is 0 Å². The molecule has 5 heteroatoms. The van der Waals surface area contributed by atoms with E-state index in [9.17, 15) is 4.79 Å². The molecule has 1 amide bonds. The predicted molar refractivity (Wildman–Crippen MR) is 83.1 cm³/mol. The molecule has 0 aliphatic rings. The normalized spacial score (nSPS) is 10.3. The first-order valence-corrected chi connectivity index (χ1v) is 7.94. The Kier molecular flexibility index (Phi) is 4.97. The maximum Gasteiger partial charge on any atom is 0.224 e. The Labute approximate surface area is 127 Å². The number of carbonyl (C=O) groups is 1. The number of rotatable bonds is 4. The number of nitrogens with one attached hydrogen (secondary N) is 1. The summed E-state index contributed by atoms with van der Waals surface area (Å²) < 4.78 is 1.83. The number of anilines is 1. The Hall–Kier alpha value is -0.650. The van der Waals surface area contributed by atoms with Crippen LogP contribution in [0.2, 0.25) is 0 Å². The van der Waals surface area contributed by atoms with Gasteiger partial charge in [-0.25, -0.2) is 0 Å². The second-order valence-corrected chi connectivity index (χ2v) is 6.35. The zero-order valence-electron chi connectivity index (χ0n) is 9.45. The summed E-state index contributed by atoms with van der Waals surface area (Å²) in [6.45, 7) is 0. The third-order valence-corrected chi connectivity index (χ3v) is 4.34. The highest BCUT2D eigenvalue weighted by Gasteiger charge is 2.06. The molecular weight excluding hydrogens is 378 g/mol. The maximum absolute atomic E-state index is 11.8. The molecule has 94 valence electrons. The number of halogens is 2. The van der Waals surface area contributed by atoms with E-state index in [4.69, 9.17) is 0 Å². The molecule has 1 heterocycles. The van der Waals surface area contributed by atoms with Crippen molar-refractivity contribution in [1.29, 1.82) is 0 Å². The second kappa shape index (κ2) is 6.50. The first kappa shape index (κ1) is 13.8. The summed E-state index contributed by atoms with van der Waals surface area (Å²) in [6.07, 6.45) is 1.27. The lowest BCUT2D eigenvalue weighted by atomic mass is 10.2. The van der Waals surface area contributed by atoms with Crippen molar-refractivity contribution in [3.8, 4) is 0 Å². The minimum absolute atomic E-state index is 0.0278. The summed E-state index contributed by atoms with van der Waals surface area (Å²) in [4.78, 5) is 11.8. The molecule has 2 nitrogen and oxygen atoms in total. The second-order valence-electron chi connectivity index (χ2n) is 3.80. The average molecular weight is 389 g/mol. The Morgan fingerprint density at radius 2 is 2.11 bits per heavy atom. The lowest BCUT2D eigenvalue weighted by Gasteiger charge is -2.07. The standard InChI is InChI=1S/C13H11Br2NOS/c14-10-2-3-11(15)12(7-10)16-13(17)4-1-9-5-6-18-8-9/h2-3,5-8H,1,4H2,(H,16,17). The van der Waals surface area contributed by atoms with Gasteiger partial charge in [-0.05, 0) is 62.9 Å². The van der Waals surface area contributed by atoms with Crippen LogP contribution in [0.15, 0.2) is 44.0 Å². The minimum atomic E-state index is 0.0278. The number of thiophene rings is 1. The van der Waals surface area contributed by atoms with E-state index < -0.39 is 0 Å². The Morgan fingerprint density at radius 1 is 1.28 bits per heavy atom. The van der Waals surface area contributed by atoms with Crippen LogP contribution in [0.5, 0.6) is 0 Å². The molecule has 2 aromatic rings. The van der Waals surface area contributed by atoms with Crippen LogP contribution < -0.4 is 5.32 Å². The van der Waals surface area contributed by atoms with Crippen molar-refractivity contribution < 1.29 is 4.79 Å². The first-order chi connectivity index (χ1) is 8.65. The fourth-order valence-electron chi connectivity index (χ4n) is 1.50. The number of hydrogen-bond donors (Lipinski definition) is 1. The van der Waals surface area contributed by atoms with Gasteiger partial charge in [0, 0.05) is 15.4 Å². The van der Waals surface area contributed by atoms with E-state index in [0.29, 0.717) is 6.42 Å². The fraction of sp³-hybridized carbons (Fsp3) is 0.154. The third kappa shape index (κ3) is 3.93. The largest absolute Gasteiger partial charge is 0.325 e. The first-order valence-electron chi connectivity index (χ1n) is 5.41. The van der Waals surface area contributed by atoms with Gasteiger partial charge in [-0.15, -0.1) is 0 Å². The van der Waals surface area contributed by atoms with E-state index in [1.807, 2.05) is 29.6 Å². The van der Waals surface area contributed by atoms with Gasteiger partial charge in [0.1, 0.15) is 0 Å². The summed E-state index contributed by atoms with van der Waals surface area (Å²) in [5, 5.41) is 7.00. The van der Waals surface area contributed by atoms with Crippen LogP contribution in [0.1, 0.15) is 12.0 Å². The van der Waals surface area contributed by atoms with Crippen molar-refractivity contribution in [2.75, 3.05) is 5.32 Å². The zero-order chi connectivity index (χ0) is 13.0. The van der Waals surface area contributed by atoms with Crippen LogP contribution in [0.25, 0.3) is 0 Å². The van der Waals surface area contributed by atoms with Crippen molar-refractivity contribution in [3.63, 3.8) is 0 Å². The molecule has 0 aliphatic heterocycles. The summed E-state index contributed by atoms with van der Waals surface area (Å²) in [5.41, 5.74) is 2.00. The van der Waals surface area contributed by atoms with E-state index in [1.54, 1.807) is 11.3 Å². The molecule has 2 rings (SSSR count). The van der Waals surface area contributed by atoms with Gasteiger partial charge in [0.15, 0.2) is 0 Å². The molecule has 0 spiro atoms. The van der Waals surface area contributed by atoms with Crippen molar-refractivity contribution in [3.05, 3.63) is 49.5 Å². The monoisotopic (exact) mass is 387 g/mol. The van der Waals surface area contributed by atoms with Crippen molar-refractivity contribution >= 4 is 54.8 Å². The van der Waals surface area contributed by atoms with E-state index in [1.165, 1.54) is 5.56 Å². The molecule has 0 saturated heterocycles. The van der Waals surface area contributed by atoms with Crippen LogP contribution in [-0.4, -0.2) is 5.91 Å². The van der Waals surface area contributed by atoms with Crippen molar-refractivity contribution in [2.45, 2.75) is 12.8 Å². The quantitative estimate of drug-likeness (QED) is 0.797. The summed E-state index contributed by atoms with van der Waals surface area (Å²) in [7, 11) is 0. The summed E-state index contributed by atoms with van der Waals surface area (Å²) in [6, 6.07) is 7.75.